The molecule has 1 aliphatic heterocycles. The predicted octanol–water partition coefficient (Wildman–Crippen LogP) is 3.79. The summed E-state index contributed by atoms with van der Waals surface area (Å²) in [4.78, 5) is 6.22. The summed E-state index contributed by atoms with van der Waals surface area (Å²) in [6.07, 6.45) is 3.47. The highest BCUT2D eigenvalue weighted by Crippen LogP contribution is 2.44. The Morgan fingerprint density at radius 3 is 3.14 bits per heavy atom. The van der Waals surface area contributed by atoms with Crippen molar-refractivity contribution in [2.24, 2.45) is 0 Å². The van der Waals surface area contributed by atoms with Crippen LogP contribution in [0.4, 0.5) is 0 Å². The van der Waals surface area contributed by atoms with E-state index in [1.165, 1.54) is 17.0 Å². The SMILES string of the molecule is CNC1CCCc2sc(-c3cc(Cl)c4c(c3)OCO4)nc21. The van der Waals surface area contributed by atoms with Crippen molar-refractivity contribution < 1.29 is 9.47 Å². The number of halogens is 1. The van der Waals surface area contributed by atoms with Crippen LogP contribution in [0.3, 0.4) is 0 Å². The molecule has 1 aromatic heterocycles. The summed E-state index contributed by atoms with van der Waals surface area (Å²) in [5.74, 6) is 1.34. The third-order valence-electron chi connectivity index (χ3n) is 3.98. The fourth-order valence-electron chi connectivity index (χ4n) is 2.91. The Hall–Kier alpha value is -1.30. The smallest absolute Gasteiger partial charge is 0.231 e. The lowest BCUT2D eigenvalue weighted by atomic mass is 9.98. The van der Waals surface area contributed by atoms with E-state index in [0.717, 1.165) is 23.4 Å². The molecule has 4 rings (SSSR count). The quantitative estimate of drug-likeness (QED) is 0.913. The van der Waals surface area contributed by atoms with Crippen LogP contribution in [-0.4, -0.2) is 18.8 Å². The minimum absolute atomic E-state index is 0.231. The zero-order valence-corrected chi connectivity index (χ0v) is 13.2. The second-order valence-electron chi connectivity index (χ2n) is 5.25. The van der Waals surface area contributed by atoms with Gasteiger partial charge < -0.3 is 14.8 Å². The first-order valence-corrected chi connectivity index (χ1v) is 8.22. The Labute approximate surface area is 132 Å². The molecular weight excluding hydrogens is 308 g/mol. The average Bonchev–Trinajstić information content (AvgIpc) is 3.12. The molecule has 110 valence electrons. The molecule has 1 atom stereocenters. The summed E-state index contributed by atoms with van der Waals surface area (Å²) in [5.41, 5.74) is 2.19. The van der Waals surface area contributed by atoms with Gasteiger partial charge in [0.05, 0.1) is 16.8 Å². The highest BCUT2D eigenvalue weighted by molar-refractivity contribution is 7.15. The second kappa shape index (κ2) is 5.16. The maximum absolute atomic E-state index is 6.27. The molecule has 0 bridgehead atoms. The lowest BCUT2D eigenvalue weighted by Crippen LogP contribution is -2.21. The van der Waals surface area contributed by atoms with Gasteiger partial charge in [0.25, 0.3) is 0 Å². The van der Waals surface area contributed by atoms with E-state index in [1.54, 1.807) is 11.3 Å². The number of hydrogen-bond donors (Lipinski definition) is 1. The van der Waals surface area contributed by atoms with Gasteiger partial charge in [-0.05, 0) is 38.4 Å². The van der Waals surface area contributed by atoms with Crippen LogP contribution < -0.4 is 14.8 Å². The topological polar surface area (TPSA) is 43.4 Å². The Morgan fingerprint density at radius 1 is 1.38 bits per heavy atom. The highest BCUT2D eigenvalue weighted by Gasteiger charge is 2.25. The lowest BCUT2D eigenvalue weighted by molar-refractivity contribution is 0.174. The van der Waals surface area contributed by atoms with Crippen LogP contribution in [0.1, 0.15) is 29.5 Å². The van der Waals surface area contributed by atoms with E-state index in [1.807, 2.05) is 19.2 Å². The van der Waals surface area contributed by atoms with Crippen molar-refractivity contribution in [3.05, 3.63) is 27.7 Å². The van der Waals surface area contributed by atoms with Gasteiger partial charge in [0, 0.05) is 10.4 Å². The third kappa shape index (κ3) is 2.20. The maximum Gasteiger partial charge on any atom is 0.231 e. The molecule has 2 heterocycles. The van der Waals surface area contributed by atoms with Gasteiger partial charge in [0.1, 0.15) is 5.01 Å². The molecule has 2 aliphatic rings. The van der Waals surface area contributed by atoms with Gasteiger partial charge in [0.2, 0.25) is 6.79 Å². The third-order valence-corrected chi connectivity index (χ3v) is 5.44. The number of aromatic nitrogens is 1. The standard InChI is InChI=1S/C15H15ClN2O2S/c1-17-10-3-2-4-12-13(10)18-15(21-12)8-5-9(16)14-11(6-8)19-7-20-14/h5-6,10,17H,2-4,7H2,1H3. The summed E-state index contributed by atoms with van der Waals surface area (Å²) >= 11 is 8.02. The first kappa shape index (κ1) is 13.4. The number of fused-ring (bicyclic) bond motifs is 2. The number of nitrogens with one attached hydrogen (secondary N) is 1. The van der Waals surface area contributed by atoms with Gasteiger partial charge in [-0.2, -0.15) is 0 Å². The normalized spacial score (nSPS) is 19.6. The number of benzene rings is 1. The zero-order valence-electron chi connectivity index (χ0n) is 11.6. The number of thiazole rings is 1. The number of aryl methyl sites for hydroxylation is 1. The molecule has 0 amide bonds. The molecule has 4 nitrogen and oxygen atoms in total. The van der Waals surface area contributed by atoms with Crippen molar-refractivity contribution in [2.45, 2.75) is 25.3 Å². The monoisotopic (exact) mass is 322 g/mol. The van der Waals surface area contributed by atoms with Crippen LogP contribution in [0.15, 0.2) is 12.1 Å². The van der Waals surface area contributed by atoms with Crippen molar-refractivity contribution in [3.8, 4) is 22.1 Å². The minimum Gasteiger partial charge on any atom is -0.454 e. The predicted molar refractivity (Wildman–Crippen MR) is 83.4 cm³/mol. The first-order chi connectivity index (χ1) is 10.3. The van der Waals surface area contributed by atoms with E-state index in [9.17, 15) is 0 Å². The van der Waals surface area contributed by atoms with E-state index in [4.69, 9.17) is 26.1 Å². The lowest BCUT2D eigenvalue weighted by Gasteiger charge is -2.19. The van der Waals surface area contributed by atoms with Crippen LogP contribution in [-0.2, 0) is 6.42 Å². The van der Waals surface area contributed by atoms with Gasteiger partial charge in [-0.15, -0.1) is 11.3 Å². The molecule has 1 N–H and O–H groups in total. The summed E-state index contributed by atoms with van der Waals surface area (Å²) < 4.78 is 10.8. The van der Waals surface area contributed by atoms with Crippen molar-refractivity contribution in [1.29, 1.82) is 0 Å². The maximum atomic E-state index is 6.27. The minimum atomic E-state index is 0.231. The number of hydrogen-bond acceptors (Lipinski definition) is 5. The molecule has 0 fully saturated rings. The molecule has 1 unspecified atom stereocenters. The van der Waals surface area contributed by atoms with Gasteiger partial charge in [-0.25, -0.2) is 4.98 Å². The Morgan fingerprint density at radius 2 is 2.29 bits per heavy atom. The molecule has 0 radical (unpaired) electrons. The van der Waals surface area contributed by atoms with Crippen molar-refractivity contribution >= 4 is 22.9 Å². The van der Waals surface area contributed by atoms with E-state index in [-0.39, 0.29) is 6.79 Å². The molecular formula is C15H15ClN2O2S. The summed E-state index contributed by atoms with van der Waals surface area (Å²) in [6, 6.07) is 4.24. The van der Waals surface area contributed by atoms with Crippen LogP contribution in [0.5, 0.6) is 11.5 Å². The molecule has 0 saturated carbocycles. The Bertz CT molecular complexity index is 701. The number of nitrogens with zero attached hydrogens (tertiary/aromatic N) is 1. The average molecular weight is 323 g/mol. The molecule has 1 aliphatic carbocycles. The largest absolute Gasteiger partial charge is 0.454 e. The second-order valence-corrected chi connectivity index (χ2v) is 6.74. The molecule has 21 heavy (non-hydrogen) atoms. The summed E-state index contributed by atoms with van der Waals surface area (Å²) in [7, 11) is 2.00. The van der Waals surface area contributed by atoms with Crippen molar-refractivity contribution in [3.63, 3.8) is 0 Å². The van der Waals surface area contributed by atoms with Gasteiger partial charge in [0.15, 0.2) is 11.5 Å². The van der Waals surface area contributed by atoms with Crippen LogP contribution in [0.2, 0.25) is 5.02 Å². The van der Waals surface area contributed by atoms with Crippen molar-refractivity contribution in [2.75, 3.05) is 13.8 Å². The van der Waals surface area contributed by atoms with E-state index in [2.05, 4.69) is 5.32 Å². The van der Waals surface area contributed by atoms with E-state index in [0.29, 0.717) is 22.6 Å². The molecule has 0 saturated heterocycles. The number of rotatable bonds is 2. The van der Waals surface area contributed by atoms with Gasteiger partial charge in [-0.3, -0.25) is 0 Å². The van der Waals surface area contributed by atoms with Crippen molar-refractivity contribution in [1.82, 2.24) is 10.3 Å². The van der Waals surface area contributed by atoms with E-state index >= 15 is 0 Å². The van der Waals surface area contributed by atoms with E-state index < -0.39 is 0 Å². The van der Waals surface area contributed by atoms with Crippen LogP contribution >= 0.6 is 22.9 Å². The van der Waals surface area contributed by atoms with Gasteiger partial charge >= 0.3 is 0 Å². The van der Waals surface area contributed by atoms with Crippen LogP contribution in [0, 0.1) is 0 Å². The fourth-order valence-corrected chi connectivity index (χ4v) is 4.33. The molecule has 6 heteroatoms. The fraction of sp³-hybridized carbons (Fsp3) is 0.400. The summed E-state index contributed by atoms with van der Waals surface area (Å²) in [5, 5.41) is 4.94. The summed E-state index contributed by atoms with van der Waals surface area (Å²) in [6.45, 7) is 0.231. The molecule has 1 aromatic carbocycles. The number of ether oxygens (including phenoxy) is 2. The Balaban J connectivity index is 1.78. The first-order valence-electron chi connectivity index (χ1n) is 7.02. The molecule has 2 aromatic rings. The molecule has 0 spiro atoms. The van der Waals surface area contributed by atoms with Crippen LogP contribution in [0.25, 0.3) is 10.6 Å². The Kier molecular flexibility index (Phi) is 3.28. The zero-order chi connectivity index (χ0) is 14.4. The van der Waals surface area contributed by atoms with Gasteiger partial charge in [-0.1, -0.05) is 11.6 Å². The highest BCUT2D eigenvalue weighted by atomic mass is 35.5.